The summed E-state index contributed by atoms with van der Waals surface area (Å²) in [5, 5.41) is 3.05. The van der Waals surface area contributed by atoms with Crippen LogP contribution in [0, 0.1) is 0 Å². The molecule has 1 aromatic carbocycles. The van der Waals surface area contributed by atoms with Gasteiger partial charge in [-0.3, -0.25) is 14.5 Å². The monoisotopic (exact) mass is 402 g/mol. The Labute approximate surface area is 174 Å². The number of likely N-dealkylation sites (N-methyl/N-ethyl adjacent to an activating group) is 1. The van der Waals surface area contributed by atoms with Gasteiger partial charge in [0.05, 0.1) is 6.54 Å². The van der Waals surface area contributed by atoms with Crippen LogP contribution in [0.1, 0.15) is 31.4 Å². The smallest absolute Gasteiger partial charge is 0.220 e. The van der Waals surface area contributed by atoms with Crippen molar-refractivity contribution in [1.82, 2.24) is 20.0 Å². The molecule has 0 unspecified atom stereocenters. The van der Waals surface area contributed by atoms with Crippen LogP contribution in [0.5, 0.6) is 5.75 Å². The summed E-state index contributed by atoms with van der Waals surface area (Å²) in [7, 11) is 0. The fourth-order valence-corrected chi connectivity index (χ4v) is 3.90. The second-order valence-electron chi connectivity index (χ2n) is 7.86. The molecule has 7 heteroatoms. The lowest BCUT2D eigenvalue weighted by atomic mass is 10.0. The van der Waals surface area contributed by atoms with Gasteiger partial charge in [-0.05, 0) is 24.6 Å². The number of ether oxygens (including phenoxy) is 1. The molecule has 2 aliphatic heterocycles. The van der Waals surface area contributed by atoms with Gasteiger partial charge in [0.25, 0.3) is 0 Å². The van der Waals surface area contributed by atoms with E-state index >= 15 is 0 Å². The zero-order valence-electron chi connectivity index (χ0n) is 17.8. The molecule has 0 aromatic heterocycles. The highest BCUT2D eigenvalue weighted by Gasteiger charge is 2.18. The van der Waals surface area contributed by atoms with E-state index in [0.717, 1.165) is 56.1 Å². The fraction of sp³-hybridized carbons (Fsp3) is 0.636. The topological polar surface area (TPSA) is 65.1 Å². The molecule has 2 heterocycles. The van der Waals surface area contributed by atoms with Gasteiger partial charge < -0.3 is 19.9 Å². The van der Waals surface area contributed by atoms with E-state index in [9.17, 15) is 9.59 Å². The highest BCUT2D eigenvalue weighted by molar-refractivity contribution is 5.76. The first-order valence-electron chi connectivity index (χ1n) is 10.8. The number of carbonyl (C=O) groups is 2. The summed E-state index contributed by atoms with van der Waals surface area (Å²) < 4.78 is 5.75. The summed E-state index contributed by atoms with van der Waals surface area (Å²) in [5.74, 6) is 0.987. The molecule has 1 saturated heterocycles. The molecule has 1 aromatic rings. The van der Waals surface area contributed by atoms with E-state index in [1.807, 2.05) is 12.1 Å². The van der Waals surface area contributed by atoms with E-state index in [1.54, 1.807) is 11.8 Å². The predicted molar refractivity (Wildman–Crippen MR) is 113 cm³/mol. The molecule has 2 aliphatic rings. The molecule has 0 saturated carbocycles. The van der Waals surface area contributed by atoms with E-state index in [1.165, 1.54) is 0 Å². The summed E-state index contributed by atoms with van der Waals surface area (Å²) in [6.07, 6.45) is 1.16. The van der Waals surface area contributed by atoms with Gasteiger partial charge in [-0.15, -0.1) is 0 Å². The summed E-state index contributed by atoms with van der Waals surface area (Å²) in [5.41, 5.74) is 2.12. The molecule has 1 fully saturated rings. The number of nitrogens with zero attached hydrogens (tertiary/aromatic N) is 3. The fourth-order valence-electron chi connectivity index (χ4n) is 3.90. The third-order valence-corrected chi connectivity index (χ3v) is 5.85. The number of piperazine rings is 1. The van der Waals surface area contributed by atoms with Crippen molar-refractivity contribution in [2.75, 3.05) is 59.0 Å². The number of fused-ring (bicyclic) bond motifs is 1. The lowest BCUT2D eigenvalue weighted by Crippen LogP contribution is -2.48. The Morgan fingerprint density at radius 1 is 1.10 bits per heavy atom. The van der Waals surface area contributed by atoms with Crippen LogP contribution in [-0.2, 0) is 22.6 Å². The molecular weight excluding hydrogens is 368 g/mol. The maximum Gasteiger partial charge on any atom is 0.220 e. The minimum Gasteiger partial charge on any atom is -0.491 e. The first kappa shape index (κ1) is 21.6. The minimum atomic E-state index is 0.0577. The second kappa shape index (κ2) is 10.6. The van der Waals surface area contributed by atoms with Gasteiger partial charge in [-0.1, -0.05) is 19.1 Å². The van der Waals surface area contributed by atoms with Crippen molar-refractivity contribution in [2.24, 2.45) is 0 Å². The molecule has 2 amide bonds. The van der Waals surface area contributed by atoms with E-state index in [0.29, 0.717) is 39.1 Å². The van der Waals surface area contributed by atoms with Crippen molar-refractivity contribution in [3.8, 4) is 5.75 Å². The summed E-state index contributed by atoms with van der Waals surface area (Å²) in [4.78, 5) is 30.6. The summed E-state index contributed by atoms with van der Waals surface area (Å²) in [6, 6.07) is 6.04. The van der Waals surface area contributed by atoms with E-state index in [2.05, 4.69) is 28.1 Å². The Bertz CT molecular complexity index is 701. The Balaban J connectivity index is 1.41. The normalized spacial score (nSPS) is 17.9. The molecular formula is C22H34N4O3. The average Bonchev–Trinajstić information content (AvgIpc) is 2.95. The Morgan fingerprint density at radius 3 is 2.59 bits per heavy atom. The molecule has 3 rings (SSSR count). The third-order valence-electron chi connectivity index (χ3n) is 5.85. The quantitative estimate of drug-likeness (QED) is 0.740. The molecule has 0 bridgehead atoms. The molecule has 29 heavy (non-hydrogen) atoms. The molecule has 160 valence electrons. The summed E-state index contributed by atoms with van der Waals surface area (Å²) >= 11 is 0. The molecule has 0 aliphatic carbocycles. The van der Waals surface area contributed by atoms with Crippen LogP contribution in [0.4, 0.5) is 0 Å². The number of hydrogen-bond donors (Lipinski definition) is 1. The van der Waals surface area contributed by atoms with Gasteiger partial charge in [0.1, 0.15) is 12.4 Å². The van der Waals surface area contributed by atoms with Crippen molar-refractivity contribution in [1.29, 1.82) is 0 Å². The highest BCUT2D eigenvalue weighted by atomic mass is 16.5. The third kappa shape index (κ3) is 6.44. The van der Waals surface area contributed by atoms with Crippen molar-refractivity contribution >= 4 is 11.8 Å². The maximum absolute atomic E-state index is 12.2. The zero-order chi connectivity index (χ0) is 20.6. The van der Waals surface area contributed by atoms with Gasteiger partial charge in [0, 0.05) is 64.7 Å². The number of benzene rings is 1. The number of carbonyl (C=O) groups excluding carboxylic acids is 2. The molecule has 0 spiro atoms. The van der Waals surface area contributed by atoms with E-state index < -0.39 is 0 Å². The number of amides is 2. The van der Waals surface area contributed by atoms with Gasteiger partial charge in [0.15, 0.2) is 0 Å². The van der Waals surface area contributed by atoms with Crippen molar-refractivity contribution in [2.45, 2.75) is 33.2 Å². The van der Waals surface area contributed by atoms with Crippen molar-refractivity contribution < 1.29 is 14.3 Å². The Morgan fingerprint density at radius 2 is 1.86 bits per heavy atom. The highest BCUT2D eigenvalue weighted by Crippen LogP contribution is 2.25. The van der Waals surface area contributed by atoms with Gasteiger partial charge in [0.2, 0.25) is 11.8 Å². The average molecular weight is 403 g/mol. The van der Waals surface area contributed by atoms with Crippen molar-refractivity contribution in [3.05, 3.63) is 29.3 Å². The lowest BCUT2D eigenvalue weighted by Gasteiger charge is -2.33. The Hall–Kier alpha value is -2.12. The number of nitrogens with one attached hydrogen (secondary N) is 1. The second-order valence-corrected chi connectivity index (χ2v) is 7.86. The van der Waals surface area contributed by atoms with Gasteiger partial charge >= 0.3 is 0 Å². The molecule has 0 radical (unpaired) electrons. The van der Waals surface area contributed by atoms with Gasteiger partial charge in [-0.2, -0.15) is 0 Å². The van der Waals surface area contributed by atoms with Crippen LogP contribution in [0.3, 0.4) is 0 Å². The summed E-state index contributed by atoms with van der Waals surface area (Å²) in [6.45, 7) is 12.6. The SMILES string of the molecule is CCN1CCN(CCNC(=O)CCc2ccc3c(c2)CN(C(C)=O)CCO3)CC1. The van der Waals surface area contributed by atoms with Crippen molar-refractivity contribution in [3.63, 3.8) is 0 Å². The van der Waals surface area contributed by atoms with Crippen LogP contribution >= 0.6 is 0 Å². The maximum atomic E-state index is 12.2. The number of rotatable bonds is 7. The predicted octanol–water partition coefficient (Wildman–Crippen LogP) is 1.11. The number of aryl methyl sites for hydroxylation is 1. The number of hydrogen-bond acceptors (Lipinski definition) is 5. The van der Waals surface area contributed by atoms with Crippen LogP contribution in [0.2, 0.25) is 0 Å². The standard InChI is InChI=1S/C22H34N4O3/c1-3-24-10-12-25(13-11-24)9-8-23-22(28)7-5-19-4-6-21-20(16-19)17-26(18(2)27)14-15-29-21/h4,6,16H,3,5,7-15,17H2,1-2H3,(H,23,28). The molecule has 1 N–H and O–H groups in total. The van der Waals surface area contributed by atoms with E-state index in [4.69, 9.17) is 4.74 Å². The first-order chi connectivity index (χ1) is 14.0. The van der Waals surface area contributed by atoms with E-state index in [-0.39, 0.29) is 11.8 Å². The molecule has 7 nitrogen and oxygen atoms in total. The van der Waals surface area contributed by atoms with Crippen LogP contribution < -0.4 is 10.1 Å². The largest absolute Gasteiger partial charge is 0.491 e. The minimum absolute atomic E-state index is 0.0577. The van der Waals surface area contributed by atoms with Gasteiger partial charge in [-0.25, -0.2) is 0 Å². The van der Waals surface area contributed by atoms with Crippen LogP contribution in [-0.4, -0.2) is 85.5 Å². The van der Waals surface area contributed by atoms with Crippen LogP contribution in [0.25, 0.3) is 0 Å². The molecule has 0 atom stereocenters. The Kier molecular flexibility index (Phi) is 7.89. The lowest BCUT2D eigenvalue weighted by molar-refractivity contribution is -0.129. The van der Waals surface area contributed by atoms with Crippen LogP contribution in [0.15, 0.2) is 18.2 Å². The zero-order valence-corrected chi connectivity index (χ0v) is 17.8. The first-order valence-corrected chi connectivity index (χ1v) is 10.8.